The molecule has 1 aromatic rings. The van der Waals surface area contributed by atoms with Crippen LogP contribution in [-0.4, -0.2) is 47.9 Å². The van der Waals surface area contributed by atoms with Crippen LogP contribution in [0.1, 0.15) is 35.3 Å². The fourth-order valence-corrected chi connectivity index (χ4v) is 2.86. The van der Waals surface area contributed by atoms with Gasteiger partial charge in [0.05, 0.1) is 11.1 Å². The molecule has 0 aromatic heterocycles. The monoisotopic (exact) mass is 328 g/mol. The summed E-state index contributed by atoms with van der Waals surface area (Å²) in [6, 6.07) is 5.46. The van der Waals surface area contributed by atoms with Gasteiger partial charge >= 0.3 is 6.18 Å². The summed E-state index contributed by atoms with van der Waals surface area (Å²) < 4.78 is 40.0. The van der Waals surface area contributed by atoms with Crippen molar-refractivity contribution in [2.75, 3.05) is 26.2 Å². The maximum Gasteiger partial charge on any atom is 0.417 e. The Labute approximate surface area is 134 Å². The first-order valence-electron chi connectivity index (χ1n) is 7.57. The number of halogens is 3. The van der Waals surface area contributed by atoms with Gasteiger partial charge < -0.3 is 5.73 Å². The highest BCUT2D eigenvalue weighted by molar-refractivity contribution is 5.94. The molecule has 7 heteroatoms. The topological polar surface area (TPSA) is 49.6 Å². The third-order valence-electron chi connectivity index (χ3n) is 4.15. The molecule has 0 atom stereocenters. The lowest BCUT2D eigenvalue weighted by Gasteiger charge is -2.37. The summed E-state index contributed by atoms with van der Waals surface area (Å²) in [6.45, 7) is 7.31. The van der Waals surface area contributed by atoms with Crippen LogP contribution in [0.4, 0.5) is 13.2 Å². The summed E-state index contributed by atoms with van der Waals surface area (Å²) in [4.78, 5) is 15.6. The Morgan fingerprint density at radius 1 is 1.30 bits per heavy atom. The Morgan fingerprint density at radius 2 is 1.91 bits per heavy atom. The summed E-state index contributed by atoms with van der Waals surface area (Å²) in [7, 11) is 0. The number of carbonyl (C=O) groups excluding carboxylic acids is 1. The highest BCUT2D eigenvalue weighted by atomic mass is 19.4. The van der Waals surface area contributed by atoms with Crippen molar-refractivity contribution in [3.8, 4) is 0 Å². The van der Waals surface area contributed by atoms with Crippen molar-refractivity contribution in [2.45, 2.75) is 32.6 Å². The van der Waals surface area contributed by atoms with Crippen LogP contribution < -0.4 is 5.73 Å². The van der Waals surface area contributed by atoms with Crippen molar-refractivity contribution < 1.29 is 18.0 Å². The maximum absolute atomic E-state index is 13.3. The molecule has 2 N–H and O–H groups in total. The molecule has 0 spiro atoms. The van der Waals surface area contributed by atoms with E-state index < -0.39 is 23.2 Å². The fraction of sp³-hybridized carbons (Fsp3) is 0.562. The molecule has 1 amide bonds. The van der Waals surface area contributed by atoms with Crippen LogP contribution in [-0.2, 0) is 12.7 Å². The zero-order chi connectivity index (χ0) is 17.2. The molecule has 1 saturated heterocycles. The zero-order valence-electron chi connectivity index (χ0n) is 13.3. The maximum atomic E-state index is 13.3. The van der Waals surface area contributed by atoms with E-state index in [0.717, 1.165) is 19.2 Å². The minimum Gasteiger partial charge on any atom is -0.366 e. The number of piperazine rings is 1. The van der Waals surface area contributed by atoms with Gasteiger partial charge in [-0.05, 0) is 31.5 Å². The van der Waals surface area contributed by atoms with Gasteiger partial charge in [-0.15, -0.1) is 0 Å². The third kappa shape index (κ3) is 4.23. The average Bonchev–Trinajstić information content (AvgIpc) is 2.46. The Hall–Kier alpha value is -1.60. The number of nitrogens with two attached hydrogens (primary N) is 1. The second-order valence-electron chi connectivity index (χ2n) is 6.01. The quantitative estimate of drug-likeness (QED) is 0.921. The molecular weight excluding hydrogens is 307 g/mol. The molecule has 1 aromatic carbocycles. The van der Waals surface area contributed by atoms with Gasteiger partial charge in [-0.3, -0.25) is 14.6 Å². The van der Waals surface area contributed by atoms with Gasteiger partial charge in [0.1, 0.15) is 0 Å². The van der Waals surface area contributed by atoms with E-state index in [-0.39, 0.29) is 12.1 Å². The zero-order valence-corrected chi connectivity index (χ0v) is 13.3. The number of hydrogen-bond acceptors (Lipinski definition) is 3. The van der Waals surface area contributed by atoms with Gasteiger partial charge in [0.15, 0.2) is 0 Å². The van der Waals surface area contributed by atoms with Gasteiger partial charge in [0, 0.05) is 38.8 Å². The van der Waals surface area contributed by atoms with E-state index in [0.29, 0.717) is 19.1 Å². The van der Waals surface area contributed by atoms with Crippen molar-refractivity contribution in [1.29, 1.82) is 0 Å². The summed E-state index contributed by atoms with van der Waals surface area (Å²) in [6.07, 6.45) is -4.63. The van der Waals surface area contributed by atoms with Gasteiger partial charge in [0.2, 0.25) is 5.91 Å². The van der Waals surface area contributed by atoms with Crippen molar-refractivity contribution in [3.05, 3.63) is 34.9 Å². The molecule has 1 aliphatic rings. The van der Waals surface area contributed by atoms with Gasteiger partial charge in [-0.25, -0.2) is 0 Å². The molecule has 1 radical (unpaired) electrons. The lowest BCUT2D eigenvalue weighted by atomic mass is 9.99. The van der Waals surface area contributed by atoms with E-state index in [1.165, 1.54) is 6.07 Å². The van der Waals surface area contributed by atoms with Crippen LogP contribution in [0.5, 0.6) is 0 Å². The fourth-order valence-electron chi connectivity index (χ4n) is 2.86. The lowest BCUT2D eigenvalue weighted by molar-refractivity contribution is -0.138. The molecule has 0 saturated carbocycles. The Morgan fingerprint density at radius 3 is 2.39 bits per heavy atom. The van der Waals surface area contributed by atoms with Crippen LogP contribution in [0.2, 0.25) is 0 Å². The molecule has 1 fully saturated rings. The largest absolute Gasteiger partial charge is 0.417 e. The predicted octanol–water partition coefficient (Wildman–Crippen LogP) is 2.13. The van der Waals surface area contributed by atoms with Gasteiger partial charge in [0.25, 0.3) is 0 Å². The minimum atomic E-state index is -4.63. The Balaban J connectivity index is 2.21. The van der Waals surface area contributed by atoms with Crippen molar-refractivity contribution in [3.63, 3.8) is 0 Å². The lowest BCUT2D eigenvalue weighted by Crippen LogP contribution is -2.48. The second kappa shape index (κ2) is 6.88. The first-order chi connectivity index (χ1) is 10.7. The number of rotatable bonds is 4. The molecule has 1 heterocycles. The SMILES string of the molecule is CC(C)N1CCN(Cc2[c]ccc(C(N)=O)c2C(F)(F)F)CC1. The summed E-state index contributed by atoms with van der Waals surface area (Å²) in [5.41, 5.74) is 3.62. The molecule has 0 aliphatic carbocycles. The average molecular weight is 328 g/mol. The Kier molecular flexibility index (Phi) is 5.31. The number of alkyl halides is 3. The number of benzene rings is 1. The van der Waals surface area contributed by atoms with Crippen LogP contribution in [0.25, 0.3) is 0 Å². The molecule has 23 heavy (non-hydrogen) atoms. The minimum absolute atomic E-state index is 0.0215. The first-order valence-corrected chi connectivity index (χ1v) is 7.57. The van der Waals surface area contributed by atoms with E-state index in [4.69, 9.17) is 5.73 Å². The summed E-state index contributed by atoms with van der Waals surface area (Å²) >= 11 is 0. The van der Waals surface area contributed by atoms with E-state index in [1.54, 1.807) is 0 Å². The third-order valence-corrected chi connectivity index (χ3v) is 4.15. The van der Waals surface area contributed by atoms with Crippen LogP contribution in [0.3, 0.4) is 0 Å². The number of primary amides is 1. The van der Waals surface area contributed by atoms with Crippen LogP contribution in [0, 0.1) is 6.07 Å². The number of carbonyl (C=O) groups is 1. The van der Waals surface area contributed by atoms with E-state index in [2.05, 4.69) is 24.8 Å². The molecule has 0 unspecified atom stereocenters. The second-order valence-corrected chi connectivity index (χ2v) is 6.01. The molecular formula is C16H21F3N3O. The molecule has 127 valence electrons. The number of nitrogens with zero attached hydrogens (tertiary/aromatic N) is 2. The molecule has 0 bridgehead atoms. The molecule has 4 nitrogen and oxygen atoms in total. The standard InChI is InChI=1S/C16H21F3N3O/c1-11(2)22-8-6-21(7-9-22)10-12-4-3-5-13(15(20)23)14(12)16(17,18)19/h3,5,11H,6-10H2,1-2H3,(H2,20,23). The van der Waals surface area contributed by atoms with Crippen LogP contribution in [0.15, 0.2) is 12.1 Å². The Bertz CT molecular complexity index is 564. The highest BCUT2D eigenvalue weighted by Crippen LogP contribution is 2.35. The highest BCUT2D eigenvalue weighted by Gasteiger charge is 2.37. The van der Waals surface area contributed by atoms with Crippen molar-refractivity contribution in [2.24, 2.45) is 5.73 Å². The van der Waals surface area contributed by atoms with E-state index >= 15 is 0 Å². The summed E-state index contributed by atoms with van der Waals surface area (Å²) in [5.74, 6) is -1.07. The number of hydrogen-bond donors (Lipinski definition) is 1. The smallest absolute Gasteiger partial charge is 0.366 e. The summed E-state index contributed by atoms with van der Waals surface area (Å²) in [5, 5.41) is 0. The van der Waals surface area contributed by atoms with Crippen molar-refractivity contribution >= 4 is 5.91 Å². The van der Waals surface area contributed by atoms with Crippen LogP contribution >= 0.6 is 0 Å². The van der Waals surface area contributed by atoms with E-state index in [9.17, 15) is 18.0 Å². The van der Waals surface area contributed by atoms with Gasteiger partial charge in [-0.1, -0.05) is 6.07 Å². The predicted molar refractivity (Wildman–Crippen MR) is 80.8 cm³/mol. The molecule has 2 rings (SSSR count). The van der Waals surface area contributed by atoms with E-state index in [1.807, 2.05) is 4.90 Å². The normalized spacial score (nSPS) is 17.7. The molecule has 1 aliphatic heterocycles. The number of amides is 1. The van der Waals surface area contributed by atoms with Gasteiger partial charge in [-0.2, -0.15) is 13.2 Å². The van der Waals surface area contributed by atoms with Crippen molar-refractivity contribution in [1.82, 2.24) is 9.80 Å². The first kappa shape index (κ1) is 17.7.